The normalized spacial score (nSPS) is 26.1. The van der Waals surface area contributed by atoms with Gasteiger partial charge in [0.05, 0.1) is 11.6 Å². The van der Waals surface area contributed by atoms with E-state index in [2.05, 4.69) is 15.3 Å². The van der Waals surface area contributed by atoms with Crippen molar-refractivity contribution in [3.05, 3.63) is 24.3 Å². The van der Waals surface area contributed by atoms with Crippen LogP contribution in [-0.2, 0) is 4.79 Å². The van der Waals surface area contributed by atoms with E-state index < -0.39 is 11.9 Å². The van der Waals surface area contributed by atoms with Crippen molar-refractivity contribution < 1.29 is 9.90 Å². The molecule has 0 radical (unpaired) electrons. The minimum absolute atomic E-state index is 0.0163. The second kappa shape index (κ2) is 4.35. The summed E-state index contributed by atoms with van der Waals surface area (Å²) in [6, 6.07) is 0. The number of carbonyl (C=O) groups is 1. The Bertz CT molecular complexity index is 342. The lowest BCUT2D eigenvalue weighted by Gasteiger charge is -2.28. The lowest BCUT2D eigenvalue weighted by Crippen LogP contribution is -2.39. The van der Waals surface area contributed by atoms with E-state index in [0.717, 1.165) is 18.7 Å². The molecule has 2 rings (SSSR count). The third-order valence-corrected chi connectivity index (χ3v) is 2.76. The summed E-state index contributed by atoms with van der Waals surface area (Å²) in [5.74, 6) is -1.18. The van der Waals surface area contributed by atoms with E-state index in [4.69, 9.17) is 5.11 Å². The zero-order valence-corrected chi connectivity index (χ0v) is 8.26. The molecule has 80 valence electrons. The monoisotopic (exact) mass is 207 g/mol. The molecule has 0 saturated carbocycles. The van der Waals surface area contributed by atoms with Gasteiger partial charge in [-0.2, -0.15) is 0 Å². The third-order valence-electron chi connectivity index (χ3n) is 2.76. The predicted molar refractivity (Wildman–Crippen MR) is 53.4 cm³/mol. The largest absolute Gasteiger partial charge is 0.481 e. The highest BCUT2D eigenvalue weighted by Crippen LogP contribution is 2.28. The van der Waals surface area contributed by atoms with Gasteiger partial charge >= 0.3 is 5.97 Å². The van der Waals surface area contributed by atoms with E-state index >= 15 is 0 Å². The number of hydrogen-bond acceptors (Lipinski definition) is 4. The molecule has 0 aliphatic carbocycles. The maximum atomic E-state index is 11.0. The SMILES string of the molecule is O=C(O)C1CNCCC1c1cnccn1. The molecule has 15 heavy (non-hydrogen) atoms. The second-order valence-corrected chi connectivity index (χ2v) is 3.67. The van der Waals surface area contributed by atoms with Crippen LogP contribution >= 0.6 is 0 Å². The summed E-state index contributed by atoms with van der Waals surface area (Å²) in [4.78, 5) is 19.2. The van der Waals surface area contributed by atoms with Gasteiger partial charge in [-0.1, -0.05) is 0 Å². The summed E-state index contributed by atoms with van der Waals surface area (Å²) in [6.45, 7) is 1.35. The zero-order valence-electron chi connectivity index (χ0n) is 8.26. The Balaban J connectivity index is 2.22. The van der Waals surface area contributed by atoms with Crippen molar-refractivity contribution in [2.45, 2.75) is 12.3 Å². The first kappa shape index (κ1) is 10.0. The first-order valence-corrected chi connectivity index (χ1v) is 4.98. The fourth-order valence-electron chi connectivity index (χ4n) is 1.97. The number of carboxylic acids is 1. The molecule has 1 aliphatic heterocycles. The smallest absolute Gasteiger partial charge is 0.308 e. The number of aromatic nitrogens is 2. The van der Waals surface area contributed by atoms with E-state index in [-0.39, 0.29) is 5.92 Å². The van der Waals surface area contributed by atoms with Gasteiger partial charge in [0.25, 0.3) is 0 Å². The van der Waals surface area contributed by atoms with Gasteiger partial charge in [0.2, 0.25) is 0 Å². The molecule has 1 fully saturated rings. The molecule has 2 N–H and O–H groups in total. The van der Waals surface area contributed by atoms with Crippen molar-refractivity contribution in [2.75, 3.05) is 13.1 Å². The molecule has 5 heteroatoms. The van der Waals surface area contributed by atoms with Crippen LogP contribution in [0.25, 0.3) is 0 Å². The Morgan fingerprint density at radius 1 is 1.53 bits per heavy atom. The van der Waals surface area contributed by atoms with Crippen LogP contribution in [0.2, 0.25) is 0 Å². The van der Waals surface area contributed by atoms with Crippen LogP contribution in [0, 0.1) is 5.92 Å². The van der Waals surface area contributed by atoms with Gasteiger partial charge in [-0.15, -0.1) is 0 Å². The van der Waals surface area contributed by atoms with Crippen LogP contribution < -0.4 is 5.32 Å². The van der Waals surface area contributed by atoms with Crippen LogP contribution in [-0.4, -0.2) is 34.1 Å². The first-order chi connectivity index (χ1) is 7.29. The molecule has 0 spiro atoms. The molecule has 1 saturated heterocycles. The molecule has 2 unspecified atom stereocenters. The van der Waals surface area contributed by atoms with E-state index in [1.807, 2.05) is 0 Å². The van der Waals surface area contributed by atoms with Gasteiger partial charge in [-0.05, 0) is 13.0 Å². The van der Waals surface area contributed by atoms with Crippen molar-refractivity contribution in [3.8, 4) is 0 Å². The molecule has 1 aromatic rings. The van der Waals surface area contributed by atoms with Gasteiger partial charge in [-0.25, -0.2) is 0 Å². The molecule has 1 aliphatic rings. The number of nitrogens with one attached hydrogen (secondary N) is 1. The van der Waals surface area contributed by atoms with Crippen molar-refractivity contribution in [3.63, 3.8) is 0 Å². The Labute approximate surface area is 87.6 Å². The summed E-state index contributed by atoms with van der Waals surface area (Å²) in [6.07, 6.45) is 5.66. The van der Waals surface area contributed by atoms with Crippen LogP contribution in [0.4, 0.5) is 0 Å². The summed E-state index contributed by atoms with van der Waals surface area (Å²) in [5.41, 5.74) is 0.784. The number of carboxylic acid groups (broad SMARTS) is 1. The lowest BCUT2D eigenvalue weighted by atomic mass is 9.84. The topological polar surface area (TPSA) is 75.1 Å². The summed E-state index contributed by atoms with van der Waals surface area (Å²) in [5, 5.41) is 12.2. The lowest BCUT2D eigenvalue weighted by molar-refractivity contribution is -0.143. The molecule has 2 atom stereocenters. The summed E-state index contributed by atoms with van der Waals surface area (Å²) < 4.78 is 0. The highest BCUT2D eigenvalue weighted by Gasteiger charge is 2.32. The number of piperidine rings is 1. The number of nitrogens with zero attached hydrogens (tertiary/aromatic N) is 2. The van der Waals surface area contributed by atoms with Crippen molar-refractivity contribution >= 4 is 5.97 Å². The number of hydrogen-bond donors (Lipinski definition) is 2. The predicted octanol–water partition coefficient (Wildman–Crippen LogP) is 0.254. The van der Waals surface area contributed by atoms with E-state index in [9.17, 15) is 4.79 Å². The van der Waals surface area contributed by atoms with Crippen LogP contribution in [0.3, 0.4) is 0 Å². The number of aliphatic carboxylic acids is 1. The van der Waals surface area contributed by atoms with E-state index in [1.54, 1.807) is 18.6 Å². The summed E-state index contributed by atoms with van der Waals surface area (Å²) in [7, 11) is 0. The number of rotatable bonds is 2. The van der Waals surface area contributed by atoms with Crippen molar-refractivity contribution in [2.24, 2.45) is 5.92 Å². The third kappa shape index (κ3) is 2.12. The Kier molecular flexibility index (Phi) is 2.91. The van der Waals surface area contributed by atoms with Crippen molar-refractivity contribution in [1.29, 1.82) is 0 Å². The maximum Gasteiger partial charge on any atom is 0.308 e. The zero-order chi connectivity index (χ0) is 10.7. The molecule has 0 bridgehead atoms. The van der Waals surface area contributed by atoms with Crippen LogP contribution in [0.1, 0.15) is 18.0 Å². The molecule has 0 aromatic carbocycles. The molecule has 0 amide bonds. The minimum Gasteiger partial charge on any atom is -0.481 e. The molecule has 2 heterocycles. The Morgan fingerprint density at radius 3 is 3.07 bits per heavy atom. The standard InChI is InChI=1S/C10H13N3O2/c14-10(15)8-5-11-2-1-7(8)9-6-12-3-4-13-9/h3-4,6-8,11H,1-2,5H2,(H,14,15). The van der Waals surface area contributed by atoms with Gasteiger partial charge in [0.15, 0.2) is 0 Å². The minimum atomic E-state index is -0.766. The van der Waals surface area contributed by atoms with Gasteiger partial charge in [0.1, 0.15) is 0 Å². The summed E-state index contributed by atoms with van der Waals surface area (Å²) >= 11 is 0. The molecule has 5 nitrogen and oxygen atoms in total. The van der Waals surface area contributed by atoms with Crippen molar-refractivity contribution in [1.82, 2.24) is 15.3 Å². The molecule has 1 aromatic heterocycles. The van der Waals surface area contributed by atoms with Crippen LogP contribution in [0.15, 0.2) is 18.6 Å². The Hall–Kier alpha value is -1.49. The van der Waals surface area contributed by atoms with Crippen LogP contribution in [0.5, 0.6) is 0 Å². The van der Waals surface area contributed by atoms with Gasteiger partial charge < -0.3 is 10.4 Å². The highest BCUT2D eigenvalue weighted by molar-refractivity contribution is 5.71. The average molecular weight is 207 g/mol. The maximum absolute atomic E-state index is 11.0. The first-order valence-electron chi connectivity index (χ1n) is 4.98. The fraction of sp³-hybridized carbons (Fsp3) is 0.500. The quantitative estimate of drug-likeness (QED) is 0.727. The molecular weight excluding hydrogens is 194 g/mol. The second-order valence-electron chi connectivity index (χ2n) is 3.67. The van der Waals surface area contributed by atoms with Gasteiger partial charge in [0, 0.05) is 31.1 Å². The van der Waals surface area contributed by atoms with Gasteiger partial charge in [-0.3, -0.25) is 14.8 Å². The average Bonchev–Trinajstić information content (AvgIpc) is 2.30. The molecular formula is C10H13N3O2. The fourth-order valence-corrected chi connectivity index (χ4v) is 1.97. The Morgan fingerprint density at radius 2 is 2.40 bits per heavy atom. The van der Waals surface area contributed by atoms with E-state index in [0.29, 0.717) is 6.54 Å². The van der Waals surface area contributed by atoms with E-state index in [1.165, 1.54) is 0 Å². The highest BCUT2D eigenvalue weighted by atomic mass is 16.4.